The van der Waals surface area contributed by atoms with E-state index in [1.54, 1.807) is 0 Å². The summed E-state index contributed by atoms with van der Waals surface area (Å²) < 4.78 is 5.36. The zero-order valence-electron chi connectivity index (χ0n) is 8.65. The molecule has 2 heterocycles. The molecule has 1 fully saturated rings. The highest BCUT2D eigenvalue weighted by Gasteiger charge is 2.22. The van der Waals surface area contributed by atoms with Crippen LogP contribution in [0.5, 0.6) is 0 Å². The number of ether oxygens (including phenoxy) is 1. The normalized spacial score (nSPS) is 28.0. The first-order valence-corrected chi connectivity index (χ1v) is 5.27. The zero-order chi connectivity index (χ0) is 9.80. The third-order valence-corrected chi connectivity index (χ3v) is 2.97. The maximum atomic E-state index is 5.36. The molecule has 0 amide bonds. The molecule has 0 spiro atoms. The summed E-state index contributed by atoms with van der Waals surface area (Å²) in [5.74, 6) is 0. The predicted octanol–water partition coefficient (Wildman–Crippen LogP) is 1.10. The molecule has 0 aromatic heterocycles. The van der Waals surface area contributed by atoms with Crippen LogP contribution in [0.3, 0.4) is 0 Å². The fourth-order valence-electron chi connectivity index (χ4n) is 2.01. The van der Waals surface area contributed by atoms with Crippen LogP contribution in [0.15, 0.2) is 24.4 Å². The van der Waals surface area contributed by atoms with Gasteiger partial charge in [-0.1, -0.05) is 6.08 Å². The van der Waals surface area contributed by atoms with Gasteiger partial charge in [-0.2, -0.15) is 0 Å². The Morgan fingerprint density at radius 1 is 1.29 bits per heavy atom. The number of hydrogen-bond donors (Lipinski definition) is 1. The maximum Gasteiger partial charge on any atom is 0.0984 e. The molecule has 2 rings (SSSR count). The van der Waals surface area contributed by atoms with Crippen LogP contribution in [0.4, 0.5) is 0 Å². The van der Waals surface area contributed by atoms with Crippen LogP contribution >= 0.6 is 0 Å². The van der Waals surface area contributed by atoms with E-state index in [-0.39, 0.29) is 0 Å². The summed E-state index contributed by atoms with van der Waals surface area (Å²) in [7, 11) is 2.18. The van der Waals surface area contributed by atoms with Crippen LogP contribution in [0.25, 0.3) is 0 Å². The van der Waals surface area contributed by atoms with Gasteiger partial charge in [-0.25, -0.2) is 0 Å². The van der Waals surface area contributed by atoms with E-state index >= 15 is 0 Å². The third kappa shape index (κ3) is 2.16. The number of allylic oxidation sites excluding steroid dienone is 2. The summed E-state index contributed by atoms with van der Waals surface area (Å²) in [5.41, 5.74) is 0. The average molecular weight is 194 g/mol. The van der Waals surface area contributed by atoms with E-state index in [2.05, 4.69) is 29.4 Å². The van der Waals surface area contributed by atoms with Crippen molar-refractivity contribution >= 4 is 0 Å². The fourth-order valence-corrected chi connectivity index (χ4v) is 2.01. The maximum absolute atomic E-state index is 5.36. The quantitative estimate of drug-likeness (QED) is 0.712. The van der Waals surface area contributed by atoms with Crippen LogP contribution < -0.4 is 5.32 Å². The minimum absolute atomic E-state index is 0.350. The molecule has 2 aliphatic rings. The van der Waals surface area contributed by atoms with Gasteiger partial charge >= 0.3 is 0 Å². The number of nitrogens with one attached hydrogen (secondary N) is 1. The van der Waals surface area contributed by atoms with E-state index in [4.69, 9.17) is 4.74 Å². The Labute approximate surface area is 85.4 Å². The molecule has 78 valence electrons. The number of rotatable bonds is 2. The molecule has 0 aromatic rings. The van der Waals surface area contributed by atoms with Crippen molar-refractivity contribution in [2.45, 2.75) is 25.0 Å². The molecule has 14 heavy (non-hydrogen) atoms. The van der Waals surface area contributed by atoms with Crippen molar-refractivity contribution in [3.8, 4) is 0 Å². The van der Waals surface area contributed by atoms with Crippen LogP contribution in [-0.2, 0) is 4.74 Å². The predicted molar refractivity (Wildman–Crippen MR) is 56.8 cm³/mol. The summed E-state index contributed by atoms with van der Waals surface area (Å²) in [4.78, 5) is 2.39. The van der Waals surface area contributed by atoms with Gasteiger partial charge in [0.2, 0.25) is 0 Å². The van der Waals surface area contributed by atoms with Crippen molar-refractivity contribution in [3.63, 3.8) is 0 Å². The van der Waals surface area contributed by atoms with Crippen molar-refractivity contribution in [1.29, 1.82) is 0 Å². The van der Waals surface area contributed by atoms with Gasteiger partial charge in [0.05, 0.1) is 6.17 Å². The summed E-state index contributed by atoms with van der Waals surface area (Å²) >= 11 is 0. The lowest BCUT2D eigenvalue weighted by atomic mass is 10.1. The number of likely N-dealkylation sites (N-methyl/N-ethyl adjacent to an activating group) is 1. The Bertz CT molecular complexity index is 231. The van der Waals surface area contributed by atoms with E-state index in [0.717, 1.165) is 26.1 Å². The standard InChI is InChI=1S/C11H18N2O/c1-13(10-5-8-14-9-6-10)11-4-2-3-7-12-11/h2-4,7,10-12H,5-6,8-9H2,1H3. The smallest absolute Gasteiger partial charge is 0.0984 e. The number of hydrogen-bond acceptors (Lipinski definition) is 3. The molecule has 3 heteroatoms. The molecule has 2 aliphatic heterocycles. The fraction of sp³-hybridized carbons (Fsp3) is 0.636. The molecule has 0 aliphatic carbocycles. The Balaban J connectivity index is 1.89. The zero-order valence-corrected chi connectivity index (χ0v) is 8.65. The van der Waals surface area contributed by atoms with Gasteiger partial charge in [-0.05, 0) is 38.2 Å². The van der Waals surface area contributed by atoms with Crippen LogP contribution in [0.2, 0.25) is 0 Å². The van der Waals surface area contributed by atoms with E-state index in [9.17, 15) is 0 Å². The van der Waals surface area contributed by atoms with Gasteiger partial charge < -0.3 is 10.1 Å². The van der Waals surface area contributed by atoms with Crippen molar-refractivity contribution < 1.29 is 4.74 Å². The van der Waals surface area contributed by atoms with E-state index in [1.165, 1.54) is 0 Å². The van der Waals surface area contributed by atoms with Gasteiger partial charge in [0.15, 0.2) is 0 Å². The molecule has 1 unspecified atom stereocenters. The van der Waals surface area contributed by atoms with E-state index in [1.807, 2.05) is 12.3 Å². The largest absolute Gasteiger partial charge is 0.381 e. The molecule has 0 aromatic carbocycles. The molecule has 1 N–H and O–H groups in total. The second-order valence-electron chi connectivity index (χ2n) is 3.86. The monoisotopic (exact) mass is 194 g/mol. The topological polar surface area (TPSA) is 24.5 Å². The second-order valence-corrected chi connectivity index (χ2v) is 3.86. The lowest BCUT2D eigenvalue weighted by Crippen LogP contribution is -2.48. The highest BCUT2D eigenvalue weighted by molar-refractivity contribution is 5.11. The highest BCUT2D eigenvalue weighted by Crippen LogP contribution is 2.15. The number of nitrogens with zero attached hydrogens (tertiary/aromatic N) is 1. The highest BCUT2D eigenvalue weighted by atomic mass is 16.5. The van der Waals surface area contributed by atoms with Crippen LogP contribution in [-0.4, -0.2) is 37.4 Å². The van der Waals surface area contributed by atoms with Gasteiger partial charge in [0.25, 0.3) is 0 Å². The molecule has 0 radical (unpaired) electrons. The van der Waals surface area contributed by atoms with Crippen molar-refractivity contribution in [2.24, 2.45) is 0 Å². The van der Waals surface area contributed by atoms with Gasteiger partial charge in [-0.15, -0.1) is 0 Å². The first-order chi connectivity index (χ1) is 6.88. The van der Waals surface area contributed by atoms with E-state index in [0.29, 0.717) is 12.2 Å². The molecular formula is C11H18N2O. The molecule has 3 nitrogen and oxygen atoms in total. The molecule has 0 saturated carbocycles. The lowest BCUT2D eigenvalue weighted by Gasteiger charge is -2.36. The van der Waals surface area contributed by atoms with Crippen molar-refractivity contribution in [3.05, 3.63) is 24.4 Å². The van der Waals surface area contributed by atoms with E-state index < -0.39 is 0 Å². The SMILES string of the molecule is CN(C1CCOCC1)C1C=CC=CN1. The van der Waals surface area contributed by atoms with Crippen molar-refractivity contribution in [1.82, 2.24) is 10.2 Å². The minimum atomic E-state index is 0.350. The van der Waals surface area contributed by atoms with Crippen LogP contribution in [0.1, 0.15) is 12.8 Å². The van der Waals surface area contributed by atoms with Gasteiger partial charge in [0.1, 0.15) is 0 Å². The Morgan fingerprint density at radius 2 is 2.07 bits per heavy atom. The average Bonchev–Trinajstić information content (AvgIpc) is 2.30. The molecular weight excluding hydrogens is 176 g/mol. The summed E-state index contributed by atoms with van der Waals surface area (Å²) in [6.07, 6.45) is 10.9. The molecule has 0 bridgehead atoms. The number of dihydropyridines is 1. The van der Waals surface area contributed by atoms with Crippen molar-refractivity contribution in [2.75, 3.05) is 20.3 Å². The second kappa shape index (κ2) is 4.62. The first-order valence-electron chi connectivity index (χ1n) is 5.27. The summed E-state index contributed by atoms with van der Waals surface area (Å²) in [6.45, 7) is 1.81. The first kappa shape index (κ1) is 9.74. The third-order valence-electron chi connectivity index (χ3n) is 2.97. The summed E-state index contributed by atoms with van der Waals surface area (Å²) in [5, 5.41) is 3.33. The molecule has 1 saturated heterocycles. The minimum Gasteiger partial charge on any atom is -0.381 e. The molecule has 1 atom stereocenters. The van der Waals surface area contributed by atoms with Gasteiger partial charge in [-0.3, -0.25) is 4.90 Å². The van der Waals surface area contributed by atoms with Crippen LogP contribution in [0, 0.1) is 0 Å². The Morgan fingerprint density at radius 3 is 2.71 bits per heavy atom. The summed E-state index contributed by atoms with van der Waals surface area (Å²) in [6, 6.07) is 0.650. The Hall–Kier alpha value is -0.800. The Kier molecular flexibility index (Phi) is 3.22. The van der Waals surface area contributed by atoms with Gasteiger partial charge in [0, 0.05) is 19.3 Å². The lowest BCUT2D eigenvalue weighted by molar-refractivity contribution is 0.0322.